The lowest BCUT2D eigenvalue weighted by Gasteiger charge is -2.24. The lowest BCUT2D eigenvalue weighted by atomic mass is 10.0. The van der Waals surface area contributed by atoms with Crippen LogP contribution < -0.4 is 16.8 Å². The zero-order valence-corrected chi connectivity index (χ0v) is 11.6. The number of carbonyl (C=O) groups is 2. The van der Waals surface area contributed by atoms with Crippen molar-refractivity contribution in [1.29, 1.82) is 0 Å². The van der Waals surface area contributed by atoms with Gasteiger partial charge in [0.1, 0.15) is 11.4 Å². The molecule has 0 atom stereocenters. The van der Waals surface area contributed by atoms with Crippen molar-refractivity contribution in [3.63, 3.8) is 0 Å². The van der Waals surface area contributed by atoms with E-state index in [1.165, 1.54) is 19.9 Å². The van der Waals surface area contributed by atoms with E-state index in [2.05, 4.69) is 5.32 Å². The number of primary amides is 1. The maximum absolute atomic E-state index is 13.8. The number of rotatable bonds is 5. The molecule has 0 aliphatic heterocycles. The molecule has 0 saturated carbocycles. The van der Waals surface area contributed by atoms with E-state index in [-0.39, 0.29) is 23.5 Å². The minimum Gasteiger partial charge on any atom is -0.462 e. The Morgan fingerprint density at radius 3 is 2.50 bits per heavy atom. The highest BCUT2D eigenvalue weighted by atomic mass is 19.1. The van der Waals surface area contributed by atoms with Crippen LogP contribution in [0.4, 0.5) is 15.8 Å². The first-order valence-electron chi connectivity index (χ1n) is 6.03. The second-order valence-electron chi connectivity index (χ2n) is 4.75. The fourth-order valence-electron chi connectivity index (χ4n) is 1.47. The summed E-state index contributed by atoms with van der Waals surface area (Å²) in [5.41, 5.74) is 9.55. The highest BCUT2D eigenvalue weighted by molar-refractivity contribution is 5.96. The molecule has 1 aromatic rings. The fourth-order valence-corrected chi connectivity index (χ4v) is 1.47. The Labute approximate surface area is 116 Å². The van der Waals surface area contributed by atoms with Crippen LogP contribution >= 0.6 is 0 Å². The van der Waals surface area contributed by atoms with Gasteiger partial charge in [0.2, 0.25) is 5.91 Å². The van der Waals surface area contributed by atoms with E-state index >= 15 is 0 Å². The molecule has 0 aliphatic carbocycles. The molecule has 0 unspecified atom stereocenters. The summed E-state index contributed by atoms with van der Waals surface area (Å²) < 4.78 is 18.6. The van der Waals surface area contributed by atoms with Crippen LogP contribution in [0.2, 0.25) is 0 Å². The maximum Gasteiger partial charge on any atom is 0.340 e. The number of nitrogens with two attached hydrogens (primary N) is 2. The predicted octanol–water partition coefficient (Wildman–Crippen LogP) is 1.26. The zero-order valence-electron chi connectivity index (χ0n) is 11.6. The Kier molecular flexibility index (Phi) is 4.54. The van der Waals surface area contributed by atoms with Crippen LogP contribution in [0.15, 0.2) is 12.1 Å². The van der Waals surface area contributed by atoms with E-state index in [0.29, 0.717) is 0 Å². The number of nitrogen functional groups attached to an aromatic ring is 1. The summed E-state index contributed by atoms with van der Waals surface area (Å²) in [4.78, 5) is 22.9. The smallest absolute Gasteiger partial charge is 0.340 e. The molecule has 6 nitrogen and oxygen atoms in total. The van der Waals surface area contributed by atoms with Gasteiger partial charge >= 0.3 is 5.97 Å². The number of nitrogens with one attached hydrogen (secondary N) is 1. The number of esters is 1. The first-order valence-corrected chi connectivity index (χ1v) is 6.03. The van der Waals surface area contributed by atoms with Crippen LogP contribution in [-0.2, 0) is 9.53 Å². The van der Waals surface area contributed by atoms with E-state index in [9.17, 15) is 14.0 Å². The van der Waals surface area contributed by atoms with Gasteiger partial charge in [0.15, 0.2) is 0 Å². The van der Waals surface area contributed by atoms with E-state index < -0.39 is 23.2 Å². The Hall–Kier alpha value is -2.31. The van der Waals surface area contributed by atoms with Crippen molar-refractivity contribution in [3.05, 3.63) is 23.5 Å². The monoisotopic (exact) mass is 283 g/mol. The number of hydrogen-bond donors (Lipinski definition) is 3. The summed E-state index contributed by atoms with van der Waals surface area (Å²) in [6, 6.07) is 2.19. The van der Waals surface area contributed by atoms with Gasteiger partial charge in [-0.05, 0) is 32.9 Å². The number of carbonyl (C=O) groups excluding carboxylic acids is 2. The van der Waals surface area contributed by atoms with Crippen molar-refractivity contribution in [2.75, 3.05) is 17.7 Å². The Morgan fingerprint density at radius 1 is 1.40 bits per heavy atom. The molecule has 0 aromatic heterocycles. The molecular weight excluding hydrogens is 265 g/mol. The number of hydrogen-bond acceptors (Lipinski definition) is 5. The number of benzene rings is 1. The molecule has 20 heavy (non-hydrogen) atoms. The molecule has 0 aliphatic rings. The molecule has 0 radical (unpaired) electrons. The van der Waals surface area contributed by atoms with Crippen LogP contribution in [0.3, 0.4) is 0 Å². The van der Waals surface area contributed by atoms with Gasteiger partial charge in [-0.15, -0.1) is 0 Å². The third kappa shape index (κ3) is 3.37. The molecular formula is C13H18FN3O3. The zero-order chi connectivity index (χ0) is 15.5. The number of amides is 1. The molecule has 0 heterocycles. The van der Waals surface area contributed by atoms with Gasteiger partial charge in [0.05, 0.1) is 17.9 Å². The molecule has 110 valence electrons. The van der Waals surface area contributed by atoms with Gasteiger partial charge in [-0.1, -0.05) is 0 Å². The summed E-state index contributed by atoms with van der Waals surface area (Å²) in [6.07, 6.45) is 0. The topological polar surface area (TPSA) is 107 Å². The minimum atomic E-state index is -1.18. The summed E-state index contributed by atoms with van der Waals surface area (Å²) in [5, 5.41) is 2.64. The lowest BCUT2D eigenvalue weighted by Crippen LogP contribution is -2.45. The summed E-state index contributed by atoms with van der Waals surface area (Å²) >= 11 is 0. The highest BCUT2D eigenvalue weighted by Gasteiger charge is 2.26. The average molecular weight is 283 g/mol. The van der Waals surface area contributed by atoms with Crippen LogP contribution in [0, 0.1) is 5.82 Å². The second-order valence-corrected chi connectivity index (χ2v) is 4.75. The predicted molar refractivity (Wildman–Crippen MR) is 73.7 cm³/mol. The van der Waals surface area contributed by atoms with Gasteiger partial charge < -0.3 is 21.5 Å². The van der Waals surface area contributed by atoms with Crippen molar-refractivity contribution in [3.8, 4) is 0 Å². The van der Waals surface area contributed by atoms with E-state index in [0.717, 1.165) is 6.07 Å². The van der Waals surface area contributed by atoms with Crippen molar-refractivity contribution in [1.82, 2.24) is 0 Å². The normalized spacial score (nSPS) is 11.0. The number of ether oxygens (including phenoxy) is 1. The van der Waals surface area contributed by atoms with E-state index in [1.54, 1.807) is 6.92 Å². The van der Waals surface area contributed by atoms with Crippen LogP contribution in [0.25, 0.3) is 0 Å². The molecule has 0 saturated heterocycles. The Balaban J connectivity index is 3.18. The summed E-state index contributed by atoms with van der Waals surface area (Å²) in [5.74, 6) is -2.01. The lowest BCUT2D eigenvalue weighted by molar-refractivity contribution is -0.121. The molecule has 0 spiro atoms. The Bertz CT molecular complexity index is 544. The maximum atomic E-state index is 13.8. The van der Waals surface area contributed by atoms with Crippen molar-refractivity contribution in [2.24, 2.45) is 5.73 Å². The van der Waals surface area contributed by atoms with Crippen LogP contribution in [0.1, 0.15) is 31.1 Å². The molecule has 0 bridgehead atoms. The molecule has 7 heteroatoms. The van der Waals surface area contributed by atoms with Gasteiger partial charge in [-0.2, -0.15) is 0 Å². The molecule has 1 amide bonds. The second kappa shape index (κ2) is 5.77. The first kappa shape index (κ1) is 15.7. The summed E-state index contributed by atoms with van der Waals surface area (Å²) in [7, 11) is 0. The Morgan fingerprint density at radius 2 is 2.00 bits per heavy atom. The quantitative estimate of drug-likeness (QED) is 0.557. The van der Waals surface area contributed by atoms with Crippen molar-refractivity contribution < 1.29 is 18.7 Å². The number of anilines is 2. The van der Waals surface area contributed by atoms with E-state index in [1.807, 2.05) is 0 Å². The first-order chi connectivity index (χ1) is 9.19. The third-order valence-corrected chi connectivity index (χ3v) is 2.70. The molecule has 0 fully saturated rings. The van der Waals surface area contributed by atoms with Gasteiger partial charge in [-0.3, -0.25) is 4.79 Å². The van der Waals surface area contributed by atoms with Gasteiger partial charge in [-0.25, -0.2) is 9.18 Å². The summed E-state index contributed by atoms with van der Waals surface area (Å²) in [6.45, 7) is 4.81. The number of halogens is 1. The standard InChI is InChI=1S/C13H18FN3O3/c1-4-20-11(18)7-5-10(8(14)6-9(7)15)17-13(2,3)12(16)19/h5-6,17H,4,15H2,1-3H3,(H2,16,19). The van der Waals surface area contributed by atoms with Gasteiger partial charge in [0, 0.05) is 5.69 Å². The molecule has 5 N–H and O–H groups in total. The van der Waals surface area contributed by atoms with E-state index in [4.69, 9.17) is 16.2 Å². The fraction of sp³-hybridized carbons (Fsp3) is 0.385. The van der Waals surface area contributed by atoms with Crippen LogP contribution in [0.5, 0.6) is 0 Å². The molecule has 1 aromatic carbocycles. The van der Waals surface area contributed by atoms with Crippen molar-refractivity contribution >= 4 is 23.3 Å². The molecule has 1 rings (SSSR count). The third-order valence-electron chi connectivity index (χ3n) is 2.70. The van der Waals surface area contributed by atoms with Gasteiger partial charge in [0.25, 0.3) is 0 Å². The van der Waals surface area contributed by atoms with Crippen LogP contribution in [-0.4, -0.2) is 24.0 Å². The highest BCUT2D eigenvalue weighted by Crippen LogP contribution is 2.25. The SMILES string of the molecule is CCOC(=O)c1cc(NC(C)(C)C(N)=O)c(F)cc1N. The largest absolute Gasteiger partial charge is 0.462 e. The average Bonchev–Trinajstić information content (AvgIpc) is 2.32. The van der Waals surface area contributed by atoms with Crippen molar-refractivity contribution in [2.45, 2.75) is 26.3 Å². The minimum absolute atomic E-state index is 0.0241.